The number of hydrogen-bond donors (Lipinski definition) is 1. The van der Waals surface area contributed by atoms with E-state index in [9.17, 15) is 9.90 Å². The highest BCUT2D eigenvalue weighted by atomic mass is 16.5. The number of phenols is 1. The first-order chi connectivity index (χ1) is 13.0. The molecule has 0 aliphatic carbocycles. The largest absolute Gasteiger partial charge is 0.507 e. The molecule has 5 heteroatoms. The number of ether oxygens (including phenoxy) is 2. The van der Waals surface area contributed by atoms with Crippen LogP contribution >= 0.6 is 0 Å². The van der Waals surface area contributed by atoms with Crippen molar-refractivity contribution >= 4 is 11.6 Å². The molecule has 5 nitrogen and oxygen atoms in total. The number of methoxy groups -OCH3 is 2. The summed E-state index contributed by atoms with van der Waals surface area (Å²) in [5.41, 5.74) is 2.64. The Bertz CT molecular complexity index is 934. The molecule has 0 saturated carbocycles. The third-order valence-electron chi connectivity index (χ3n) is 4.41. The Hall–Kier alpha value is -3.47. The van der Waals surface area contributed by atoms with Gasteiger partial charge >= 0.3 is 0 Å². The van der Waals surface area contributed by atoms with Crippen molar-refractivity contribution in [3.8, 4) is 28.4 Å². The Morgan fingerprint density at radius 1 is 0.852 bits per heavy atom. The van der Waals surface area contributed by atoms with Gasteiger partial charge in [-0.25, -0.2) is 0 Å². The summed E-state index contributed by atoms with van der Waals surface area (Å²) in [5, 5.41) is 10.4. The van der Waals surface area contributed by atoms with Crippen LogP contribution in [0.2, 0.25) is 0 Å². The molecule has 0 atom stereocenters. The fourth-order valence-corrected chi connectivity index (χ4v) is 2.80. The average Bonchev–Trinajstić information content (AvgIpc) is 2.72. The Labute approximate surface area is 158 Å². The van der Waals surface area contributed by atoms with E-state index in [0.29, 0.717) is 11.1 Å². The Kier molecular flexibility index (Phi) is 5.31. The normalized spacial score (nSPS) is 10.3. The zero-order chi connectivity index (χ0) is 19.4. The average molecular weight is 363 g/mol. The summed E-state index contributed by atoms with van der Waals surface area (Å²) < 4.78 is 10.3. The molecular formula is C22H21NO4. The maximum absolute atomic E-state index is 12.8. The van der Waals surface area contributed by atoms with Gasteiger partial charge in [0.05, 0.1) is 14.2 Å². The molecule has 0 saturated heterocycles. The van der Waals surface area contributed by atoms with E-state index in [4.69, 9.17) is 9.47 Å². The zero-order valence-electron chi connectivity index (χ0n) is 15.5. The van der Waals surface area contributed by atoms with Gasteiger partial charge in [-0.2, -0.15) is 0 Å². The minimum absolute atomic E-state index is 0.0501. The molecule has 138 valence electrons. The van der Waals surface area contributed by atoms with Crippen LogP contribution in [0.25, 0.3) is 11.1 Å². The van der Waals surface area contributed by atoms with E-state index < -0.39 is 0 Å². The number of phenolic OH excluding ortho intramolecular Hbond substituents is 1. The summed E-state index contributed by atoms with van der Waals surface area (Å²) in [6.45, 7) is 0. The lowest BCUT2D eigenvalue weighted by Gasteiger charge is -2.18. The van der Waals surface area contributed by atoms with Crippen molar-refractivity contribution in [1.29, 1.82) is 0 Å². The van der Waals surface area contributed by atoms with Crippen molar-refractivity contribution in [3.05, 3.63) is 72.3 Å². The quantitative estimate of drug-likeness (QED) is 0.732. The van der Waals surface area contributed by atoms with Gasteiger partial charge in [0.1, 0.15) is 17.2 Å². The van der Waals surface area contributed by atoms with E-state index in [1.54, 1.807) is 45.5 Å². The topological polar surface area (TPSA) is 59.0 Å². The van der Waals surface area contributed by atoms with Gasteiger partial charge in [0.2, 0.25) is 0 Å². The van der Waals surface area contributed by atoms with Crippen LogP contribution in [-0.2, 0) is 0 Å². The first-order valence-electron chi connectivity index (χ1n) is 8.43. The van der Waals surface area contributed by atoms with Crippen molar-refractivity contribution in [2.24, 2.45) is 0 Å². The lowest BCUT2D eigenvalue weighted by atomic mass is 10.0. The number of rotatable bonds is 5. The lowest BCUT2D eigenvalue weighted by Crippen LogP contribution is -2.26. The molecule has 0 aliphatic heterocycles. The Morgan fingerprint density at radius 3 is 1.93 bits per heavy atom. The van der Waals surface area contributed by atoms with Gasteiger partial charge < -0.3 is 19.5 Å². The van der Waals surface area contributed by atoms with Crippen molar-refractivity contribution in [3.63, 3.8) is 0 Å². The van der Waals surface area contributed by atoms with Crippen LogP contribution in [0.1, 0.15) is 10.4 Å². The molecular weight excluding hydrogens is 342 g/mol. The van der Waals surface area contributed by atoms with Gasteiger partial charge in [-0.3, -0.25) is 4.79 Å². The van der Waals surface area contributed by atoms with Crippen molar-refractivity contribution in [2.75, 3.05) is 26.2 Å². The molecule has 0 fully saturated rings. The van der Waals surface area contributed by atoms with Gasteiger partial charge in [-0.15, -0.1) is 0 Å². The third-order valence-corrected chi connectivity index (χ3v) is 4.41. The monoisotopic (exact) mass is 363 g/mol. The lowest BCUT2D eigenvalue weighted by molar-refractivity contribution is 0.0992. The van der Waals surface area contributed by atoms with Crippen LogP contribution in [0.5, 0.6) is 17.2 Å². The molecule has 0 bridgehead atoms. The second-order valence-corrected chi connectivity index (χ2v) is 6.02. The smallest absolute Gasteiger partial charge is 0.258 e. The molecule has 27 heavy (non-hydrogen) atoms. The summed E-state index contributed by atoms with van der Waals surface area (Å²) in [7, 11) is 4.89. The highest BCUT2D eigenvalue weighted by Crippen LogP contribution is 2.31. The first-order valence-corrected chi connectivity index (χ1v) is 8.43. The van der Waals surface area contributed by atoms with Crippen LogP contribution in [0.4, 0.5) is 5.69 Å². The Balaban J connectivity index is 1.83. The number of benzene rings is 3. The van der Waals surface area contributed by atoms with Crippen molar-refractivity contribution in [1.82, 2.24) is 0 Å². The number of amides is 1. The predicted molar refractivity (Wildman–Crippen MR) is 106 cm³/mol. The minimum atomic E-state index is -0.211. The zero-order valence-corrected chi connectivity index (χ0v) is 15.5. The number of anilines is 1. The van der Waals surface area contributed by atoms with Gasteiger partial charge in [0, 0.05) is 23.9 Å². The summed E-state index contributed by atoms with van der Waals surface area (Å²) in [6.07, 6.45) is 0. The van der Waals surface area contributed by atoms with Crippen molar-refractivity contribution < 1.29 is 19.4 Å². The van der Waals surface area contributed by atoms with Gasteiger partial charge in [-0.1, -0.05) is 12.1 Å². The summed E-state index contributed by atoms with van der Waals surface area (Å²) in [5.74, 6) is 1.30. The molecule has 0 heterocycles. The molecule has 3 rings (SSSR count). The van der Waals surface area contributed by atoms with Crippen LogP contribution in [0.3, 0.4) is 0 Å². The molecule has 3 aromatic rings. The standard InChI is InChI=1S/C22H21NO4/c1-23(17-7-11-19(27-3)12-8-17)22(25)16-6-13-20(21(24)14-16)15-4-9-18(26-2)10-5-15/h4-14,24H,1-3H3. The van der Waals surface area contributed by atoms with E-state index in [2.05, 4.69) is 0 Å². The van der Waals surface area contributed by atoms with E-state index in [1.165, 1.54) is 11.0 Å². The number of nitrogens with zero attached hydrogens (tertiary/aromatic N) is 1. The molecule has 3 aromatic carbocycles. The fraction of sp³-hybridized carbons (Fsp3) is 0.136. The minimum Gasteiger partial charge on any atom is -0.507 e. The molecule has 0 radical (unpaired) electrons. The highest BCUT2D eigenvalue weighted by molar-refractivity contribution is 6.06. The molecule has 1 N–H and O–H groups in total. The molecule has 1 amide bonds. The number of carbonyl (C=O) groups is 1. The maximum atomic E-state index is 12.8. The Morgan fingerprint density at radius 2 is 1.41 bits per heavy atom. The fourth-order valence-electron chi connectivity index (χ4n) is 2.80. The van der Waals surface area contributed by atoms with E-state index >= 15 is 0 Å². The highest BCUT2D eigenvalue weighted by Gasteiger charge is 2.16. The molecule has 0 spiro atoms. The van der Waals surface area contributed by atoms with Gasteiger partial charge in [0.15, 0.2) is 0 Å². The second kappa shape index (κ2) is 7.83. The summed E-state index contributed by atoms with van der Waals surface area (Å²) in [6, 6.07) is 19.5. The molecule has 0 aliphatic rings. The maximum Gasteiger partial charge on any atom is 0.258 e. The number of carbonyl (C=O) groups excluding carboxylic acids is 1. The molecule has 0 aromatic heterocycles. The summed E-state index contributed by atoms with van der Waals surface area (Å²) >= 11 is 0. The predicted octanol–water partition coefficient (Wildman–Crippen LogP) is 4.35. The second-order valence-electron chi connectivity index (χ2n) is 6.02. The van der Waals surface area contributed by atoms with Crippen LogP contribution in [0, 0.1) is 0 Å². The van der Waals surface area contributed by atoms with Crippen LogP contribution in [-0.4, -0.2) is 32.3 Å². The van der Waals surface area contributed by atoms with Crippen molar-refractivity contribution in [2.45, 2.75) is 0 Å². The SMILES string of the molecule is COc1ccc(-c2ccc(C(=O)N(C)c3ccc(OC)cc3)cc2O)cc1. The van der Waals surface area contributed by atoms with E-state index in [1.807, 2.05) is 36.4 Å². The third kappa shape index (κ3) is 3.87. The molecule has 0 unspecified atom stereocenters. The number of hydrogen-bond acceptors (Lipinski definition) is 4. The number of aromatic hydroxyl groups is 1. The first kappa shape index (κ1) is 18.3. The van der Waals surface area contributed by atoms with Gasteiger partial charge in [-0.05, 0) is 60.2 Å². The summed E-state index contributed by atoms with van der Waals surface area (Å²) in [4.78, 5) is 14.3. The van der Waals surface area contributed by atoms with E-state index in [0.717, 1.165) is 22.7 Å². The van der Waals surface area contributed by atoms with E-state index in [-0.39, 0.29) is 11.7 Å². The van der Waals surface area contributed by atoms with Gasteiger partial charge in [0.25, 0.3) is 5.91 Å². The van der Waals surface area contributed by atoms with Crippen LogP contribution < -0.4 is 14.4 Å². The van der Waals surface area contributed by atoms with Crippen LogP contribution in [0.15, 0.2) is 66.7 Å².